The number of rotatable bonds is 4. The van der Waals surface area contributed by atoms with Crippen molar-refractivity contribution in [2.75, 3.05) is 18.5 Å². The predicted molar refractivity (Wildman–Crippen MR) is 63.4 cm³/mol. The summed E-state index contributed by atoms with van der Waals surface area (Å²) in [5, 5.41) is 2.99. The maximum absolute atomic E-state index is 13.5. The molecule has 17 heavy (non-hydrogen) atoms. The molecule has 1 aromatic heterocycles. The minimum atomic E-state index is -0.364. The molecule has 1 atom stereocenters. The first-order valence-electron chi connectivity index (χ1n) is 6.10. The Morgan fingerprint density at radius 3 is 3.12 bits per heavy atom. The molecule has 1 aliphatic rings. The summed E-state index contributed by atoms with van der Waals surface area (Å²) in [7, 11) is 0. The van der Waals surface area contributed by atoms with Gasteiger partial charge in [0.1, 0.15) is 6.33 Å². The molecule has 1 aliphatic heterocycles. The number of anilines is 1. The largest absolute Gasteiger partial charge is 0.378 e. The van der Waals surface area contributed by atoms with E-state index in [4.69, 9.17) is 4.74 Å². The summed E-state index contributed by atoms with van der Waals surface area (Å²) in [6.45, 7) is 3.16. The highest BCUT2D eigenvalue weighted by molar-refractivity contribution is 5.36. The number of aryl methyl sites for hydroxylation is 1. The van der Waals surface area contributed by atoms with Crippen molar-refractivity contribution < 1.29 is 9.13 Å². The standard InChI is InChI=1S/C12H18FN3O/c1-9-11(13)12(16-8-15-9)14-6-5-10-4-2-3-7-17-10/h8,10H,2-7H2,1H3,(H,14,15,16). The topological polar surface area (TPSA) is 47.0 Å². The first-order valence-corrected chi connectivity index (χ1v) is 6.10. The van der Waals surface area contributed by atoms with E-state index in [1.54, 1.807) is 6.92 Å². The van der Waals surface area contributed by atoms with Crippen LogP contribution in [0.25, 0.3) is 0 Å². The zero-order valence-electron chi connectivity index (χ0n) is 10.1. The van der Waals surface area contributed by atoms with Gasteiger partial charge in [0, 0.05) is 13.2 Å². The molecule has 1 unspecified atom stereocenters. The third-order valence-electron chi connectivity index (χ3n) is 3.00. The van der Waals surface area contributed by atoms with Crippen LogP contribution in [0.3, 0.4) is 0 Å². The summed E-state index contributed by atoms with van der Waals surface area (Å²) < 4.78 is 19.2. The van der Waals surface area contributed by atoms with Gasteiger partial charge in [-0.15, -0.1) is 0 Å². The second-order valence-electron chi connectivity index (χ2n) is 4.33. The molecule has 1 saturated heterocycles. The first kappa shape index (κ1) is 12.2. The summed E-state index contributed by atoms with van der Waals surface area (Å²) in [5.41, 5.74) is 0.372. The molecule has 0 aromatic carbocycles. The fourth-order valence-corrected chi connectivity index (χ4v) is 1.97. The Hall–Kier alpha value is -1.23. The van der Waals surface area contributed by atoms with Crippen molar-refractivity contribution in [3.8, 4) is 0 Å². The van der Waals surface area contributed by atoms with E-state index in [0.717, 1.165) is 25.9 Å². The number of ether oxygens (including phenoxy) is 1. The monoisotopic (exact) mass is 239 g/mol. The minimum Gasteiger partial charge on any atom is -0.378 e. The smallest absolute Gasteiger partial charge is 0.186 e. The zero-order valence-corrected chi connectivity index (χ0v) is 10.1. The second kappa shape index (κ2) is 5.91. The highest BCUT2D eigenvalue weighted by atomic mass is 19.1. The quantitative estimate of drug-likeness (QED) is 0.875. The van der Waals surface area contributed by atoms with Crippen LogP contribution in [0.15, 0.2) is 6.33 Å². The first-order chi connectivity index (χ1) is 8.27. The maximum atomic E-state index is 13.5. The van der Waals surface area contributed by atoms with E-state index in [9.17, 15) is 4.39 Å². The van der Waals surface area contributed by atoms with E-state index in [1.165, 1.54) is 12.7 Å². The normalized spacial score (nSPS) is 20.2. The third kappa shape index (κ3) is 3.36. The molecule has 0 bridgehead atoms. The van der Waals surface area contributed by atoms with E-state index in [2.05, 4.69) is 15.3 Å². The van der Waals surface area contributed by atoms with Crippen LogP contribution in [0.1, 0.15) is 31.4 Å². The van der Waals surface area contributed by atoms with Crippen molar-refractivity contribution in [1.82, 2.24) is 9.97 Å². The van der Waals surface area contributed by atoms with Gasteiger partial charge in [0.05, 0.1) is 11.8 Å². The SMILES string of the molecule is Cc1ncnc(NCCC2CCCCO2)c1F. The van der Waals surface area contributed by atoms with Gasteiger partial charge in [-0.2, -0.15) is 0 Å². The highest BCUT2D eigenvalue weighted by Gasteiger charge is 2.14. The van der Waals surface area contributed by atoms with E-state index in [0.29, 0.717) is 18.3 Å². The number of nitrogens with one attached hydrogen (secondary N) is 1. The summed E-state index contributed by atoms with van der Waals surface area (Å²) in [6, 6.07) is 0. The third-order valence-corrected chi connectivity index (χ3v) is 3.00. The highest BCUT2D eigenvalue weighted by Crippen LogP contribution is 2.16. The molecule has 0 amide bonds. The second-order valence-corrected chi connectivity index (χ2v) is 4.33. The van der Waals surface area contributed by atoms with E-state index in [-0.39, 0.29) is 11.6 Å². The fraction of sp³-hybridized carbons (Fsp3) is 0.667. The molecule has 1 aromatic rings. The van der Waals surface area contributed by atoms with E-state index >= 15 is 0 Å². The summed E-state index contributed by atoms with van der Waals surface area (Å²) in [6.07, 6.45) is 6.06. The molecule has 2 heterocycles. The van der Waals surface area contributed by atoms with E-state index in [1.807, 2.05) is 0 Å². The van der Waals surface area contributed by atoms with Crippen molar-refractivity contribution >= 4 is 5.82 Å². The van der Waals surface area contributed by atoms with Crippen LogP contribution < -0.4 is 5.32 Å². The molecule has 5 heteroatoms. The van der Waals surface area contributed by atoms with Crippen LogP contribution in [-0.2, 0) is 4.74 Å². The molecule has 1 N–H and O–H groups in total. The Labute approximate surface area is 101 Å². The van der Waals surface area contributed by atoms with E-state index < -0.39 is 0 Å². The Bertz CT molecular complexity index is 367. The summed E-state index contributed by atoms with van der Waals surface area (Å²) >= 11 is 0. The number of hydrogen-bond donors (Lipinski definition) is 1. The van der Waals surface area contributed by atoms with Gasteiger partial charge < -0.3 is 10.1 Å². The molecular formula is C12H18FN3O. The minimum absolute atomic E-state index is 0.285. The van der Waals surface area contributed by atoms with Gasteiger partial charge >= 0.3 is 0 Å². The van der Waals surface area contributed by atoms with Gasteiger partial charge in [-0.05, 0) is 32.6 Å². The van der Waals surface area contributed by atoms with Gasteiger partial charge in [0.15, 0.2) is 11.6 Å². The summed E-state index contributed by atoms with van der Waals surface area (Å²) in [5.74, 6) is -0.0784. The van der Waals surface area contributed by atoms with Crippen molar-refractivity contribution in [2.24, 2.45) is 0 Å². The lowest BCUT2D eigenvalue weighted by Crippen LogP contribution is -2.22. The lowest BCUT2D eigenvalue weighted by molar-refractivity contribution is 0.0134. The molecule has 2 rings (SSSR count). The molecule has 0 aliphatic carbocycles. The van der Waals surface area contributed by atoms with Crippen LogP contribution in [0.5, 0.6) is 0 Å². The van der Waals surface area contributed by atoms with Crippen molar-refractivity contribution in [3.05, 3.63) is 17.8 Å². The van der Waals surface area contributed by atoms with Crippen molar-refractivity contribution in [1.29, 1.82) is 0 Å². The van der Waals surface area contributed by atoms with Crippen molar-refractivity contribution in [2.45, 2.75) is 38.7 Å². The van der Waals surface area contributed by atoms with Crippen LogP contribution in [0, 0.1) is 12.7 Å². The van der Waals surface area contributed by atoms with Gasteiger partial charge in [-0.1, -0.05) is 0 Å². The Kier molecular flexibility index (Phi) is 4.25. The number of nitrogens with zero attached hydrogens (tertiary/aromatic N) is 2. The van der Waals surface area contributed by atoms with Crippen LogP contribution in [0.2, 0.25) is 0 Å². The van der Waals surface area contributed by atoms with Crippen LogP contribution in [0.4, 0.5) is 10.2 Å². The molecule has 0 saturated carbocycles. The molecule has 4 nitrogen and oxygen atoms in total. The Morgan fingerprint density at radius 1 is 1.47 bits per heavy atom. The number of hydrogen-bond acceptors (Lipinski definition) is 4. The van der Waals surface area contributed by atoms with Gasteiger partial charge in [-0.3, -0.25) is 0 Å². The Balaban J connectivity index is 1.79. The van der Waals surface area contributed by atoms with Crippen LogP contribution >= 0.6 is 0 Å². The van der Waals surface area contributed by atoms with Gasteiger partial charge in [0.2, 0.25) is 0 Å². The van der Waals surface area contributed by atoms with Gasteiger partial charge in [0.25, 0.3) is 0 Å². The number of aromatic nitrogens is 2. The molecule has 0 spiro atoms. The average Bonchev–Trinajstić information content (AvgIpc) is 2.36. The molecule has 1 fully saturated rings. The zero-order chi connectivity index (χ0) is 12.1. The molecule has 0 radical (unpaired) electrons. The van der Waals surface area contributed by atoms with Crippen LogP contribution in [-0.4, -0.2) is 29.2 Å². The average molecular weight is 239 g/mol. The molecular weight excluding hydrogens is 221 g/mol. The molecule has 94 valence electrons. The summed E-state index contributed by atoms with van der Waals surface area (Å²) in [4.78, 5) is 7.67. The predicted octanol–water partition coefficient (Wildman–Crippen LogP) is 2.30. The maximum Gasteiger partial charge on any atom is 0.186 e. The van der Waals surface area contributed by atoms with Gasteiger partial charge in [-0.25, -0.2) is 14.4 Å². The fourth-order valence-electron chi connectivity index (χ4n) is 1.97. The Morgan fingerprint density at radius 2 is 2.35 bits per heavy atom. The number of halogens is 1. The lowest BCUT2D eigenvalue weighted by Gasteiger charge is -2.22. The van der Waals surface area contributed by atoms with Crippen molar-refractivity contribution in [3.63, 3.8) is 0 Å². The lowest BCUT2D eigenvalue weighted by atomic mass is 10.1.